The summed E-state index contributed by atoms with van der Waals surface area (Å²) in [5.74, 6) is 0.00471. The first kappa shape index (κ1) is 16.3. The molecule has 0 aromatic heterocycles. The molecule has 0 aliphatic carbocycles. The van der Waals surface area contributed by atoms with Gasteiger partial charge in [-0.15, -0.1) is 0 Å². The van der Waals surface area contributed by atoms with Crippen LogP contribution < -0.4 is 20.5 Å². The molecule has 8 heteroatoms. The Bertz CT molecular complexity index is 599. The predicted molar refractivity (Wildman–Crippen MR) is 76.0 cm³/mol. The first-order chi connectivity index (χ1) is 9.27. The molecule has 1 rings (SSSR count). The van der Waals surface area contributed by atoms with Crippen LogP contribution in [0.5, 0.6) is 5.75 Å². The van der Waals surface area contributed by atoms with Crippen molar-refractivity contribution in [2.45, 2.75) is 18.7 Å². The normalized spacial score (nSPS) is 11.2. The van der Waals surface area contributed by atoms with E-state index >= 15 is 0 Å². The smallest absolute Gasteiger partial charge is 0.244 e. The van der Waals surface area contributed by atoms with E-state index in [1.54, 1.807) is 13.0 Å². The maximum absolute atomic E-state index is 12.2. The van der Waals surface area contributed by atoms with Crippen molar-refractivity contribution < 1.29 is 17.9 Å². The topological polar surface area (TPSA) is 111 Å². The number of ether oxygens (including phenoxy) is 1. The molecule has 4 N–H and O–H groups in total. The van der Waals surface area contributed by atoms with Crippen LogP contribution in [-0.2, 0) is 14.8 Å². The van der Waals surface area contributed by atoms with Gasteiger partial charge in [0.05, 0.1) is 7.11 Å². The summed E-state index contributed by atoms with van der Waals surface area (Å²) in [6.45, 7) is 3.41. The fourth-order valence-electron chi connectivity index (χ4n) is 1.55. The Balaban J connectivity index is 2.92. The van der Waals surface area contributed by atoms with Gasteiger partial charge in [-0.3, -0.25) is 4.79 Å². The van der Waals surface area contributed by atoms with Gasteiger partial charge in [-0.1, -0.05) is 0 Å². The molecule has 0 aliphatic rings. The monoisotopic (exact) mass is 301 g/mol. The average molecular weight is 301 g/mol. The predicted octanol–water partition coefficient (Wildman–Crippen LogP) is 0.000220. The summed E-state index contributed by atoms with van der Waals surface area (Å²) in [5, 5.41) is 2.50. The number of nitrogens with two attached hydrogens (primary N) is 1. The van der Waals surface area contributed by atoms with E-state index < -0.39 is 10.0 Å². The Labute approximate surface area is 118 Å². The van der Waals surface area contributed by atoms with Crippen molar-refractivity contribution >= 4 is 21.6 Å². The molecule has 1 amide bonds. The van der Waals surface area contributed by atoms with Gasteiger partial charge < -0.3 is 15.8 Å². The van der Waals surface area contributed by atoms with Crippen LogP contribution in [0, 0.1) is 6.92 Å². The van der Waals surface area contributed by atoms with Crippen LogP contribution >= 0.6 is 0 Å². The van der Waals surface area contributed by atoms with Crippen LogP contribution in [-0.4, -0.2) is 34.5 Å². The SMILES string of the molecule is COc1cc(C)c(N)cc1S(=O)(=O)NCCNC(C)=O. The summed E-state index contributed by atoms with van der Waals surface area (Å²) in [5.41, 5.74) is 6.83. The molecule has 0 fully saturated rings. The summed E-state index contributed by atoms with van der Waals surface area (Å²) in [4.78, 5) is 10.7. The number of hydrogen-bond acceptors (Lipinski definition) is 5. The van der Waals surface area contributed by atoms with Gasteiger partial charge in [-0.2, -0.15) is 0 Å². The van der Waals surface area contributed by atoms with Crippen molar-refractivity contribution in [3.8, 4) is 5.75 Å². The lowest BCUT2D eigenvalue weighted by Gasteiger charge is -2.13. The van der Waals surface area contributed by atoms with Gasteiger partial charge in [-0.25, -0.2) is 13.1 Å². The molecule has 0 atom stereocenters. The molecule has 1 aromatic carbocycles. The molecule has 0 aliphatic heterocycles. The van der Waals surface area contributed by atoms with Crippen molar-refractivity contribution in [3.05, 3.63) is 17.7 Å². The molecule has 112 valence electrons. The Morgan fingerprint density at radius 1 is 1.35 bits per heavy atom. The molecular formula is C12H19N3O4S. The Kier molecular flexibility index (Phi) is 5.34. The lowest BCUT2D eigenvalue weighted by atomic mass is 10.2. The molecule has 0 saturated heterocycles. The van der Waals surface area contributed by atoms with E-state index in [0.717, 1.165) is 5.56 Å². The van der Waals surface area contributed by atoms with Crippen LogP contribution in [0.2, 0.25) is 0 Å². The van der Waals surface area contributed by atoms with Gasteiger partial charge in [0.15, 0.2) is 0 Å². The number of anilines is 1. The Morgan fingerprint density at radius 2 is 2.00 bits per heavy atom. The summed E-state index contributed by atoms with van der Waals surface area (Å²) in [6, 6.07) is 2.92. The first-order valence-electron chi connectivity index (χ1n) is 5.96. The fourth-order valence-corrected chi connectivity index (χ4v) is 2.76. The maximum atomic E-state index is 12.2. The van der Waals surface area contributed by atoms with E-state index in [1.165, 1.54) is 20.1 Å². The van der Waals surface area contributed by atoms with Crippen molar-refractivity contribution in [1.29, 1.82) is 0 Å². The van der Waals surface area contributed by atoms with E-state index in [2.05, 4.69) is 10.0 Å². The minimum Gasteiger partial charge on any atom is -0.495 e. The van der Waals surface area contributed by atoms with Crippen molar-refractivity contribution in [2.24, 2.45) is 0 Å². The zero-order valence-electron chi connectivity index (χ0n) is 11.7. The standard InChI is InChI=1S/C12H19N3O4S/c1-8-6-11(19-3)12(7-10(8)13)20(17,18)15-5-4-14-9(2)16/h6-7,15H,4-5,13H2,1-3H3,(H,14,16). The number of nitrogens with one attached hydrogen (secondary N) is 2. The zero-order chi connectivity index (χ0) is 15.3. The molecular weight excluding hydrogens is 282 g/mol. The van der Waals surface area contributed by atoms with Gasteiger partial charge >= 0.3 is 0 Å². The van der Waals surface area contributed by atoms with Gasteiger partial charge in [0.1, 0.15) is 10.6 Å². The van der Waals surface area contributed by atoms with Crippen LogP contribution in [0.15, 0.2) is 17.0 Å². The highest BCUT2D eigenvalue weighted by Gasteiger charge is 2.20. The number of hydrogen-bond donors (Lipinski definition) is 3. The third kappa shape index (κ3) is 4.10. The highest BCUT2D eigenvalue weighted by Crippen LogP contribution is 2.28. The Hall–Kier alpha value is -1.80. The number of aryl methyl sites for hydroxylation is 1. The van der Waals surface area contributed by atoms with Crippen LogP contribution in [0.4, 0.5) is 5.69 Å². The molecule has 0 spiro atoms. The van der Waals surface area contributed by atoms with Crippen LogP contribution in [0.3, 0.4) is 0 Å². The number of sulfonamides is 1. The minimum atomic E-state index is -3.75. The Morgan fingerprint density at radius 3 is 2.55 bits per heavy atom. The lowest BCUT2D eigenvalue weighted by Crippen LogP contribution is -2.33. The van der Waals surface area contributed by atoms with Crippen molar-refractivity contribution in [3.63, 3.8) is 0 Å². The number of carbonyl (C=O) groups excluding carboxylic acids is 1. The van der Waals surface area contributed by atoms with Crippen molar-refractivity contribution in [1.82, 2.24) is 10.0 Å². The molecule has 20 heavy (non-hydrogen) atoms. The fraction of sp³-hybridized carbons (Fsp3) is 0.417. The lowest BCUT2D eigenvalue weighted by molar-refractivity contribution is -0.118. The molecule has 0 radical (unpaired) electrons. The summed E-state index contributed by atoms with van der Waals surface area (Å²) >= 11 is 0. The van der Waals surface area contributed by atoms with Gasteiger partial charge in [0, 0.05) is 25.7 Å². The summed E-state index contributed by atoms with van der Waals surface area (Å²) in [7, 11) is -2.36. The van der Waals surface area contributed by atoms with Crippen LogP contribution in [0.1, 0.15) is 12.5 Å². The molecule has 0 unspecified atom stereocenters. The second-order valence-corrected chi connectivity index (χ2v) is 5.98. The summed E-state index contributed by atoms with van der Waals surface area (Å²) in [6.07, 6.45) is 0. The van der Waals surface area contributed by atoms with E-state index in [-0.39, 0.29) is 29.6 Å². The number of rotatable bonds is 6. The van der Waals surface area contributed by atoms with E-state index in [4.69, 9.17) is 10.5 Å². The third-order valence-electron chi connectivity index (χ3n) is 2.63. The quantitative estimate of drug-likeness (QED) is 0.506. The second kappa shape index (κ2) is 6.58. The third-order valence-corrected chi connectivity index (χ3v) is 4.12. The van der Waals surface area contributed by atoms with Gasteiger partial charge in [-0.05, 0) is 24.6 Å². The van der Waals surface area contributed by atoms with Crippen molar-refractivity contribution in [2.75, 3.05) is 25.9 Å². The maximum Gasteiger partial charge on any atom is 0.244 e. The molecule has 0 heterocycles. The molecule has 0 saturated carbocycles. The summed E-state index contributed by atoms with van der Waals surface area (Å²) < 4.78 is 31.8. The average Bonchev–Trinajstić information content (AvgIpc) is 2.37. The molecule has 1 aromatic rings. The van der Waals surface area contributed by atoms with Gasteiger partial charge in [0.25, 0.3) is 0 Å². The zero-order valence-corrected chi connectivity index (χ0v) is 12.5. The van der Waals surface area contributed by atoms with Gasteiger partial charge in [0.2, 0.25) is 15.9 Å². The number of amides is 1. The van der Waals surface area contributed by atoms with E-state index in [9.17, 15) is 13.2 Å². The first-order valence-corrected chi connectivity index (χ1v) is 7.44. The van der Waals surface area contributed by atoms with E-state index in [1.807, 2.05) is 0 Å². The molecule has 0 bridgehead atoms. The highest BCUT2D eigenvalue weighted by molar-refractivity contribution is 7.89. The largest absolute Gasteiger partial charge is 0.495 e. The van der Waals surface area contributed by atoms with Crippen LogP contribution in [0.25, 0.3) is 0 Å². The molecule has 7 nitrogen and oxygen atoms in total. The minimum absolute atomic E-state index is 0.0223. The number of nitrogen functional groups attached to an aromatic ring is 1. The number of carbonyl (C=O) groups is 1. The second-order valence-electron chi connectivity index (χ2n) is 4.24. The number of methoxy groups -OCH3 is 1. The highest BCUT2D eigenvalue weighted by atomic mass is 32.2. The number of benzene rings is 1. The van der Waals surface area contributed by atoms with E-state index in [0.29, 0.717) is 5.69 Å².